The van der Waals surface area contributed by atoms with Crippen molar-refractivity contribution in [2.45, 2.75) is 39.0 Å². The van der Waals surface area contributed by atoms with Gasteiger partial charge in [0.15, 0.2) is 12.2 Å². The number of benzene rings is 1. The van der Waals surface area contributed by atoms with Crippen molar-refractivity contribution in [2.24, 2.45) is 4.99 Å². The van der Waals surface area contributed by atoms with E-state index in [9.17, 15) is 14.4 Å². The van der Waals surface area contributed by atoms with Gasteiger partial charge >= 0.3 is 12.0 Å². The molecule has 9 heteroatoms. The van der Waals surface area contributed by atoms with Crippen LogP contribution in [0.2, 0.25) is 0 Å². The van der Waals surface area contributed by atoms with E-state index in [1.165, 1.54) is 12.0 Å². The Labute approximate surface area is 175 Å². The maximum absolute atomic E-state index is 13.3. The predicted molar refractivity (Wildman–Crippen MR) is 109 cm³/mol. The molecule has 30 heavy (non-hydrogen) atoms. The van der Waals surface area contributed by atoms with Gasteiger partial charge in [0.05, 0.1) is 20.1 Å². The first kappa shape index (κ1) is 19.9. The van der Waals surface area contributed by atoms with E-state index in [-0.39, 0.29) is 18.9 Å². The van der Waals surface area contributed by atoms with Crippen LogP contribution in [-0.4, -0.2) is 76.4 Å². The number of amides is 3. The van der Waals surface area contributed by atoms with Crippen LogP contribution in [-0.2, 0) is 20.9 Å². The SMILES string of the molecule is COC(=O)CCN1C(=O)C2C(N=C3N(Cc4ccccc4)C(C)=C(C)N32)N(C)C1=O. The number of carbonyl (C=O) groups excluding carboxylic acids is 3. The van der Waals surface area contributed by atoms with Crippen molar-refractivity contribution < 1.29 is 19.1 Å². The normalized spacial score (nSPS) is 23.1. The largest absolute Gasteiger partial charge is 0.469 e. The molecule has 2 unspecified atom stereocenters. The van der Waals surface area contributed by atoms with E-state index in [1.54, 1.807) is 7.05 Å². The van der Waals surface area contributed by atoms with Gasteiger partial charge in [-0.05, 0) is 19.4 Å². The molecule has 0 spiro atoms. The van der Waals surface area contributed by atoms with E-state index < -0.39 is 24.2 Å². The van der Waals surface area contributed by atoms with Gasteiger partial charge in [-0.1, -0.05) is 30.3 Å². The maximum atomic E-state index is 13.3. The summed E-state index contributed by atoms with van der Waals surface area (Å²) >= 11 is 0. The molecule has 3 aliphatic rings. The highest BCUT2D eigenvalue weighted by Gasteiger charge is 2.55. The number of carbonyl (C=O) groups is 3. The number of allylic oxidation sites excluding steroid dienone is 2. The molecule has 1 aromatic rings. The van der Waals surface area contributed by atoms with Crippen LogP contribution in [0.25, 0.3) is 0 Å². The standard InChI is InChI=1S/C21H25N5O4/c1-13-14(2)26-17-18(22-20(26)25(13)12-15-8-6-5-7-9-15)23(3)21(29)24(19(17)28)11-10-16(27)30-4/h5-9,17-18H,10-12H2,1-4H3. The molecule has 2 atom stereocenters. The van der Waals surface area contributed by atoms with Crippen molar-refractivity contribution in [1.29, 1.82) is 0 Å². The number of urea groups is 1. The number of rotatable bonds is 5. The van der Waals surface area contributed by atoms with Crippen molar-refractivity contribution >= 4 is 23.9 Å². The van der Waals surface area contributed by atoms with Crippen LogP contribution in [0.4, 0.5) is 4.79 Å². The molecule has 9 nitrogen and oxygen atoms in total. The Hall–Kier alpha value is -3.36. The van der Waals surface area contributed by atoms with E-state index in [1.807, 2.05) is 49.1 Å². The fraction of sp³-hybridized carbons (Fsp3) is 0.429. The number of nitrogens with zero attached hydrogens (tertiary/aromatic N) is 5. The summed E-state index contributed by atoms with van der Waals surface area (Å²) in [5.41, 5.74) is 3.07. The summed E-state index contributed by atoms with van der Waals surface area (Å²) in [4.78, 5) is 49.0. The number of ether oxygens (including phenoxy) is 1. The molecule has 0 bridgehead atoms. The Morgan fingerprint density at radius 2 is 1.80 bits per heavy atom. The van der Waals surface area contributed by atoms with Crippen molar-refractivity contribution in [2.75, 3.05) is 20.7 Å². The van der Waals surface area contributed by atoms with Gasteiger partial charge in [0.2, 0.25) is 5.96 Å². The average Bonchev–Trinajstić information content (AvgIpc) is 3.24. The number of hydrogen-bond acceptors (Lipinski definition) is 7. The van der Waals surface area contributed by atoms with Gasteiger partial charge < -0.3 is 14.5 Å². The number of hydrogen-bond donors (Lipinski definition) is 0. The van der Waals surface area contributed by atoms with Crippen LogP contribution in [0.5, 0.6) is 0 Å². The lowest BCUT2D eigenvalue weighted by molar-refractivity contribution is -0.142. The molecule has 3 amide bonds. The van der Waals surface area contributed by atoms with E-state index in [0.717, 1.165) is 21.9 Å². The number of fused-ring (bicyclic) bond motifs is 3. The summed E-state index contributed by atoms with van der Waals surface area (Å²) in [6, 6.07) is 8.94. The third kappa shape index (κ3) is 3.01. The molecule has 1 fully saturated rings. The van der Waals surface area contributed by atoms with Gasteiger partial charge in [0.25, 0.3) is 5.91 Å². The number of methoxy groups -OCH3 is 1. The molecule has 0 radical (unpaired) electrons. The molecular formula is C21H25N5O4. The number of imide groups is 1. The minimum absolute atomic E-state index is 0.0173. The highest BCUT2D eigenvalue weighted by atomic mass is 16.5. The third-order valence-corrected chi connectivity index (χ3v) is 5.95. The predicted octanol–water partition coefficient (Wildman–Crippen LogP) is 1.58. The lowest BCUT2D eigenvalue weighted by atomic mass is 10.1. The Bertz CT molecular complexity index is 957. The summed E-state index contributed by atoms with van der Waals surface area (Å²) in [6.07, 6.45) is -0.642. The molecule has 0 saturated carbocycles. The zero-order valence-corrected chi connectivity index (χ0v) is 17.5. The van der Waals surface area contributed by atoms with Crippen LogP contribution < -0.4 is 0 Å². The first-order valence-electron chi connectivity index (χ1n) is 9.86. The van der Waals surface area contributed by atoms with Crippen molar-refractivity contribution in [3.8, 4) is 0 Å². The number of aliphatic imine (C=N–C) groups is 1. The molecule has 4 rings (SSSR count). The fourth-order valence-electron chi connectivity index (χ4n) is 4.15. The Balaban J connectivity index is 1.63. The molecule has 1 aromatic carbocycles. The number of guanidine groups is 1. The minimum Gasteiger partial charge on any atom is -0.469 e. The van der Waals surface area contributed by atoms with Crippen molar-refractivity contribution in [3.05, 3.63) is 47.3 Å². The van der Waals surface area contributed by atoms with Crippen LogP contribution in [0.15, 0.2) is 46.7 Å². The fourth-order valence-corrected chi connectivity index (χ4v) is 4.15. The molecule has 0 aromatic heterocycles. The van der Waals surface area contributed by atoms with Crippen LogP contribution >= 0.6 is 0 Å². The molecular weight excluding hydrogens is 386 g/mol. The summed E-state index contributed by atoms with van der Waals surface area (Å²) in [7, 11) is 2.92. The van der Waals surface area contributed by atoms with Gasteiger partial charge in [-0.2, -0.15) is 0 Å². The quantitative estimate of drug-likeness (QED) is 0.684. The van der Waals surface area contributed by atoms with E-state index in [2.05, 4.69) is 9.64 Å². The maximum Gasteiger partial charge on any atom is 0.328 e. The molecule has 158 valence electrons. The third-order valence-electron chi connectivity index (χ3n) is 5.95. The van der Waals surface area contributed by atoms with Crippen molar-refractivity contribution in [1.82, 2.24) is 19.6 Å². The Kier molecular flexibility index (Phi) is 4.97. The summed E-state index contributed by atoms with van der Waals surface area (Å²) < 4.78 is 4.65. The molecule has 3 aliphatic heterocycles. The second kappa shape index (κ2) is 7.47. The molecule has 1 saturated heterocycles. The van der Waals surface area contributed by atoms with E-state index >= 15 is 0 Å². The second-order valence-corrected chi connectivity index (χ2v) is 7.61. The van der Waals surface area contributed by atoms with Crippen LogP contribution in [0.1, 0.15) is 25.8 Å². The van der Waals surface area contributed by atoms with Gasteiger partial charge in [-0.15, -0.1) is 0 Å². The Morgan fingerprint density at radius 1 is 1.10 bits per heavy atom. The Morgan fingerprint density at radius 3 is 2.47 bits per heavy atom. The van der Waals surface area contributed by atoms with Gasteiger partial charge in [0.1, 0.15) is 0 Å². The zero-order chi connectivity index (χ0) is 21.6. The molecule has 3 heterocycles. The lowest BCUT2D eigenvalue weighted by Gasteiger charge is -2.40. The van der Waals surface area contributed by atoms with E-state index in [0.29, 0.717) is 12.5 Å². The number of esters is 1. The highest BCUT2D eigenvalue weighted by molar-refractivity contribution is 6.05. The van der Waals surface area contributed by atoms with Gasteiger partial charge in [0, 0.05) is 25.0 Å². The summed E-state index contributed by atoms with van der Waals surface area (Å²) in [5, 5.41) is 0. The van der Waals surface area contributed by atoms with Crippen LogP contribution in [0, 0.1) is 0 Å². The first-order chi connectivity index (χ1) is 14.3. The monoisotopic (exact) mass is 411 g/mol. The van der Waals surface area contributed by atoms with Crippen molar-refractivity contribution in [3.63, 3.8) is 0 Å². The van der Waals surface area contributed by atoms with E-state index in [4.69, 9.17) is 4.99 Å². The highest BCUT2D eigenvalue weighted by Crippen LogP contribution is 2.38. The minimum atomic E-state index is -0.643. The molecule has 0 aliphatic carbocycles. The smallest absolute Gasteiger partial charge is 0.328 e. The summed E-state index contributed by atoms with van der Waals surface area (Å²) in [6.45, 7) is 4.57. The van der Waals surface area contributed by atoms with Crippen LogP contribution in [0.3, 0.4) is 0 Å². The first-order valence-corrected chi connectivity index (χ1v) is 9.86. The summed E-state index contributed by atoms with van der Waals surface area (Å²) in [5.74, 6) is -0.142. The topological polar surface area (TPSA) is 85.8 Å². The molecule has 0 N–H and O–H groups in total. The lowest BCUT2D eigenvalue weighted by Crippen LogP contribution is -2.64. The number of likely N-dealkylation sites (N-methyl/N-ethyl adjacent to an activating group) is 1. The van der Waals surface area contributed by atoms with Gasteiger partial charge in [-0.3, -0.25) is 19.4 Å². The second-order valence-electron chi connectivity index (χ2n) is 7.61. The van der Waals surface area contributed by atoms with Gasteiger partial charge in [-0.25, -0.2) is 9.79 Å². The average molecular weight is 411 g/mol. The zero-order valence-electron chi connectivity index (χ0n) is 17.5.